The number of amides is 2. The molecular formula is C28H22N2O6S. The van der Waals surface area contributed by atoms with Crippen LogP contribution in [0.25, 0.3) is 11.1 Å². The number of ether oxygens (including phenoxy) is 1. The van der Waals surface area contributed by atoms with Crippen molar-refractivity contribution in [3.63, 3.8) is 0 Å². The predicted octanol–water partition coefficient (Wildman–Crippen LogP) is 5.78. The van der Waals surface area contributed by atoms with Crippen molar-refractivity contribution in [1.29, 1.82) is 0 Å². The van der Waals surface area contributed by atoms with E-state index in [0.717, 1.165) is 15.4 Å². The first-order valence-electron chi connectivity index (χ1n) is 11.4. The topological polar surface area (TPSA) is 104 Å². The Morgan fingerprint density at radius 2 is 1.43 bits per heavy atom. The highest BCUT2D eigenvalue weighted by Gasteiger charge is 2.45. The fourth-order valence-electron chi connectivity index (χ4n) is 4.39. The summed E-state index contributed by atoms with van der Waals surface area (Å²) in [6.45, 7) is -0.0728. The van der Waals surface area contributed by atoms with Gasteiger partial charge in [0.1, 0.15) is 5.75 Å². The lowest BCUT2D eigenvalue weighted by Crippen LogP contribution is -2.36. The van der Waals surface area contributed by atoms with Crippen LogP contribution in [0, 0.1) is 0 Å². The number of anilines is 1. The first-order chi connectivity index (χ1) is 17.8. The van der Waals surface area contributed by atoms with Crippen molar-refractivity contribution in [2.24, 2.45) is 0 Å². The summed E-state index contributed by atoms with van der Waals surface area (Å²) in [6, 6.07) is 29.6. The van der Waals surface area contributed by atoms with Gasteiger partial charge in [0.25, 0.3) is 10.0 Å². The normalized spacial score (nSPS) is 15.6. The molecule has 1 aliphatic heterocycles. The molecule has 0 aliphatic carbocycles. The lowest BCUT2D eigenvalue weighted by molar-refractivity contribution is 0.144. The minimum Gasteiger partial charge on any atom is -0.449 e. The molecule has 0 radical (unpaired) electrons. The third-order valence-electron chi connectivity index (χ3n) is 6.08. The molecular weight excluding hydrogens is 492 g/mol. The zero-order valence-electron chi connectivity index (χ0n) is 19.5. The number of rotatable bonds is 6. The lowest BCUT2D eigenvalue weighted by Gasteiger charge is -2.24. The second-order valence-corrected chi connectivity index (χ2v) is 10.2. The van der Waals surface area contributed by atoms with E-state index >= 15 is 0 Å². The monoisotopic (exact) mass is 514 g/mol. The van der Waals surface area contributed by atoms with Gasteiger partial charge >= 0.3 is 12.2 Å². The van der Waals surface area contributed by atoms with E-state index in [-0.39, 0.29) is 17.2 Å². The molecule has 1 aliphatic rings. The number of urea groups is 1. The molecule has 1 saturated heterocycles. The molecule has 1 unspecified atom stereocenters. The van der Waals surface area contributed by atoms with Gasteiger partial charge in [0.15, 0.2) is 0 Å². The van der Waals surface area contributed by atoms with Gasteiger partial charge in [-0.05, 0) is 59.2 Å². The number of benzene rings is 4. The van der Waals surface area contributed by atoms with Crippen LogP contribution in [0.1, 0.15) is 11.6 Å². The molecule has 5 rings (SSSR count). The van der Waals surface area contributed by atoms with Gasteiger partial charge in [0.05, 0.1) is 17.5 Å². The van der Waals surface area contributed by atoms with Gasteiger partial charge in [-0.2, -0.15) is 0 Å². The number of sulfonamides is 1. The highest BCUT2D eigenvalue weighted by atomic mass is 32.2. The van der Waals surface area contributed by atoms with E-state index in [1.165, 1.54) is 17.0 Å². The molecule has 1 heterocycles. The maximum atomic E-state index is 13.6. The van der Waals surface area contributed by atoms with E-state index in [1.807, 2.05) is 36.4 Å². The summed E-state index contributed by atoms with van der Waals surface area (Å²) in [6.07, 6.45) is -1.41. The largest absolute Gasteiger partial charge is 0.511 e. The Morgan fingerprint density at radius 3 is 2.11 bits per heavy atom. The van der Waals surface area contributed by atoms with Gasteiger partial charge in [0, 0.05) is 5.69 Å². The maximum absolute atomic E-state index is 13.6. The number of hydrogen-bond acceptors (Lipinski definition) is 5. The maximum Gasteiger partial charge on any atom is 0.511 e. The van der Waals surface area contributed by atoms with Crippen LogP contribution in [0.4, 0.5) is 15.3 Å². The minimum atomic E-state index is -4.08. The van der Waals surface area contributed by atoms with E-state index < -0.39 is 28.3 Å². The first-order valence-corrected chi connectivity index (χ1v) is 12.9. The van der Waals surface area contributed by atoms with E-state index in [1.54, 1.807) is 60.7 Å². The summed E-state index contributed by atoms with van der Waals surface area (Å²) in [5.41, 5.74) is 2.78. The summed E-state index contributed by atoms with van der Waals surface area (Å²) in [4.78, 5) is 26.1. The number of hydrogen-bond donors (Lipinski definition) is 1. The number of carboxylic acid groups (broad SMARTS) is 1. The first kappa shape index (κ1) is 24.1. The molecule has 37 heavy (non-hydrogen) atoms. The second-order valence-electron chi connectivity index (χ2n) is 8.37. The van der Waals surface area contributed by atoms with Crippen molar-refractivity contribution in [2.75, 3.05) is 11.4 Å². The van der Waals surface area contributed by atoms with E-state index in [9.17, 15) is 18.0 Å². The fourth-order valence-corrected chi connectivity index (χ4v) is 5.78. The molecule has 2 amide bonds. The van der Waals surface area contributed by atoms with Crippen molar-refractivity contribution < 1.29 is 27.9 Å². The molecule has 0 bridgehead atoms. The molecule has 0 saturated carbocycles. The van der Waals surface area contributed by atoms with Crippen molar-refractivity contribution in [2.45, 2.75) is 10.9 Å². The van der Waals surface area contributed by atoms with Crippen LogP contribution in [-0.2, 0) is 10.0 Å². The fraction of sp³-hybridized carbons (Fsp3) is 0.0714. The molecule has 9 heteroatoms. The van der Waals surface area contributed by atoms with Gasteiger partial charge in [-0.25, -0.2) is 22.3 Å². The van der Waals surface area contributed by atoms with Crippen molar-refractivity contribution in [3.8, 4) is 16.9 Å². The summed E-state index contributed by atoms with van der Waals surface area (Å²) in [7, 11) is -4.08. The molecule has 1 atom stereocenters. The molecule has 0 spiro atoms. The van der Waals surface area contributed by atoms with Gasteiger partial charge in [0.2, 0.25) is 0 Å². The average Bonchev–Trinajstić information content (AvgIpc) is 3.27. The third-order valence-corrected chi connectivity index (χ3v) is 7.83. The molecule has 0 aromatic heterocycles. The molecule has 1 fully saturated rings. The van der Waals surface area contributed by atoms with Crippen molar-refractivity contribution >= 4 is 27.9 Å². The molecule has 8 nitrogen and oxygen atoms in total. The smallest absolute Gasteiger partial charge is 0.449 e. The van der Waals surface area contributed by atoms with Crippen LogP contribution in [0.5, 0.6) is 5.75 Å². The summed E-state index contributed by atoms with van der Waals surface area (Å²) in [5, 5.41) is 8.94. The number of carbonyl (C=O) groups excluding carboxylic acids is 1. The van der Waals surface area contributed by atoms with Gasteiger partial charge in [-0.3, -0.25) is 4.90 Å². The summed E-state index contributed by atoms with van der Waals surface area (Å²) < 4.78 is 32.5. The van der Waals surface area contributed by atoms with Crippen LogP contribution in [0.15, 0.2) is 114 Å². The quantitative estimate of drug-likeness (QED) is 0.258. The van der Waals surface area contributed by atoms with Crippen LogP contribution >= 0.6 is 0 Å². The van der Waals surface area contributed by atoms with Crippen molar-refractivity contribution in [1.82, 2.24) is 4.31 Å². The molecule has 4 aromatic rings. The Balaban J connectivity index is 1.56. The Bertz CT molecular complexity index is 1560. The van der Waals surface area contributed by atoms with Gasteiger partial charge in [-0.15, -0.1) is 0 Å². The van der Waals surface area contributed by atoms with Gasteiger partial charge in [-0.1, -0.05) is 66.7 Å². The summed E-state index contributed by atoms with van der Waals surface area (Å²) in [5.74, 6) is 0.178. The Labute approximate surface area is 214 Å². The number of para-hydroxylation sites is 1. The number of carbonyl (C=O) groups is 2. The highest BCUT2D eigenvalue weighted by molar-refractivity contribution is 7.89. The Hall–Kier alpha value is -4.63. The van der Waals surface area contributed by atoms with E-state index in [4.69, 9.17) is 9.84 Å². The Kier molecular flexibility index (Phi) is 6.37. The van der Waals surface area contributed by atoms with Crippen LogP contribution < -0.4 is 9.64 Å². The van der Waals surface area contributed by atoms with Crippen molar-refractivity contribution in [3.05, 3.63) is 115 Å². The van der Waals surface area contributed by atoms with Gasteiger partial charge < -0.3 is 9.84 Å². The SMILES string of the molecule is O=C(O)Oc1cccc(-c2cccc(C3CN(S(=O)(=O)c4ccccc4)C(=O)N3c3ccccc3)c2)c1. The highest BCUT2D eigenvalue weighted by Crippen LogP contribution is 2.38. The van der Waals surface area contributed by atoms with E-state index in [0.29, 0.717) is 11.3 Å². The number of nitrogens with zero attached hydrogens (tertiary/aromatic N) is 2. The lowest BCUT2D eigenvalue weighted by atomic mass is 9.99. The van der Waals surface area contributed by atoms with Crippen LogP contribution in [0.3, 0.4) is 0 Å². The van der Waals surface area contributed by atoms with E-state index in [2.05, 4.69) is 0 Å². The third kappa shape index (κ3) is 4.76. The zero-order valence-corrected chi connectivity index (χ0v) is 20.3. The molecule has 4 aromatic carbocycles. The minimum absolute atomic E-state index is 0.0426. The average molecular weight is 515 g/mol. The molecule has 186 valence electrons. The molecule has 1 N–H and O–H groups in total. The predicted molar refractivity (Wildman–Crippen MR) is 138 cm³/mol. The second kappa shape index (κ2) is 9.79. The summed E-state index contributed by atoms with van der Waals surface area (Å²) >= 11 is 0. The van der Waals surface area contributed by atoms with Crippen LogP contribution in [-0.4, -0.2) is 36.6 Å². The standard InChI is InChI=1S/C28H22N2O6S/c31-27-29(37(34,35)25-15-5-2-6-16-25)19-26(30(27)23-12-3-1-4-13-23)22-11-7-9-20(17-22)21-10-8-14-24(18-21)36-28(32)33/h1-18,26H,19H2,(H,32,33). The van der Waals surface area contributed by atoms with Crippen LogP contribution in [0.2, 0.25) is 0 Å². The Morgan fingerprint density at radius 1 is 0.811 bits per heavy atom. The zero-order chi connectivity index (χ0) is 26.0.